The van der Waals surface area contributed by atoms with Crippen molar-refractivity contribution < 1.29 is 5.11 Å². The molecule has 0 aliphatic carbocycles. The maximum absolute atomic E-state index is 9.30. The molecule has 1 atom stereocenters. The van der Waals surface area contributed by atoms with E-state index in [1.54, 1.807) is 17.8 Å². The van der Waals surface area contributed by atoms with Crippen LogP contribution < -0.4 is 0 Å². The Morgan fingerprint density at radius 1 is 1.50 bits per heavy atom. The van der Waals surface area contributed by atoms with Gasteiger partial charge in [-0.25, -0.2) is 4.98 Å². The molecule has 0 amide bonds. The second-order valence-corrected chi connectivity index (χ2v) is 5.13. The van der Waals surface area contributed by atoms with Crippen molar-refractivity contribution in [1.82, 2.24) is 25.0 Å². The molecule has 6 nitrogen and oxygen atoms in total. The van der Waals surface area contributed by atoms with Crippen LogP contribution in [-0.4, -0.2) is 36.2 Å². The minimum Gasteiger partial charge on any atom is -0.393 e. The molecule has 0 unspecified atom stereocenters. The third-order valence-electron chi connectivity index (χ3n) is 3.11. The molecular formula is C13H14ClN5O. The van der Waals surface area contributed by atoms with E-state index in [-0.39, 0.29) is 6.10 Å². The lowest BCUT2D eigenvalue weighted by Crippen LogP contribution is -2.07. The molecule has 0 spiro atoms. The van der Waals surface area contributed by atoms with Gasteiger partial charge in [-0.2, -0.15) is 0 Å². The SMILES string of the molecule is C[C@H](O)CCn1cc(-c2c(Cl)cnc3[nH]ccc23)nn1. The minimum atomic E-state index is -0.358. The third kappa shape index (κ3) is 2.39. The van der Waals surface area contributed by atoms with Gasteiger partial charge in [0.2, 0.25) is 0 Å². The molecule has 0 radical (unpaired) electrons. The summed E-state index contributed by atoms with van der Waals surface area (Å²) in [5.74, 6) is 0. The van der Waals surface area contributed by atoms with Crippen LogP contribution in [-0.2, 0) is 6.54 Å². The summed E-state index contributed by atoms with van der Waals surface area (Å²) < 4.78 is 1.71. The van der Waals surface area contributed by atoms with Crippen molar-refractivity contribution in [3.63, 3.8) is 0 Å². The van der Waals surface area contributed by atoms with E-state index >= 15 is 0 Å². The molecule has 3 heterocycles. The topological polar surface area (TPSA) is 79.6 Å². The normalized spacial score (nSPS) is 12.9. The number of pyridine rings is 1. The summed E-state index contributed by atoms with van der Waals surface area (Å²) in [4.78, 5) is 7.26. The summed E-state index contributed by atoms with van der Waals surface area (Å²) in [7, 11) is 0. The lowest BCUT2D eigenvalue weighted by molar-refractivity contribution is 0.176. The predicted molar refractivity (Wildman–Crippen MR) is 76.4 cm³/mol. The molecule has 2 N–H and O–H groups in total. The Morgan fingerprint density at radius 3 is 3.15 bits per heavy atom. The summed E-state index contributed by atoms with van der Waals surface area (Å²) in [5, 5.41) is 19.0. The predicted octanol–water partition coefficient (Wildman–Crippen LogP) is 2.25. The van der Waals surface area contributed by atoms with Crippen molar-refractivity contribution in [2.75, 3.05) is 0 Å². The van der Waals surface area contributed by atoms with E-state index in [1.807, 2.05) is 18.5 Å². The first kappa shape index (κ1) is 13.1. The Bertz CT molecular complexity index is 733. The van der Waals surface area contributed by atoms with Gasteiger partial charge in [0.15, 0.2) is 0 Å². The van der Waals surface area contributed by atoms with Crippen LogP contribution in [0.4, 0.5) is 0 Å². The number of aryl methyl sites for hydroxylation is 1. The summed E-state index contributed by atoms with van der Waals surface area (Å²) in [6, 6.07) is 1.92. The Labute approximate surface area is 120 Å². The van der Waals surface area contributed by atoms with E-state index in [0.29, 0.717) is 23.7 Å². The Morgan fingerprint density at radius 2 is 2.35 bits per heavy atom. The zero-order valence-corrected chi connectivity index (χ0v) is 11.7. The van der Waals surface area contributed by atoms with Crippen molar-refractivity contribution in [2.45, 2.75) is 26.0 Å². The summed E-state index contributed by atoms with van der Waals surface area (Å²) in [6.07, 6.45) is 5.52. The molecule has 0 saturated carbocycles. The monoisotopic (exact) mass is 291 g/mol. The number of nitrogens with zero attached hydrogens (tertiary/aromatic N) is 4. The number of aromatic nitrogens is 5. The highest BCUT2D eigenvalue weighted by atomic mass is 35.5. The van der Waals surface area contributed by atoms with Gasteiger partial charge in [-0.3, -0.25) is 4.68 Å². The zero-order valence-electron chi connectivity index (χ0n) is 10.9. The van der Waals surface area contributed by atoms with Crippen LogP contribution in [0.25, 0.3) is 22.3 Å². The number of H-pyrrole nitrogens is 1. The maximum atomic E-state index is 9.30. The number of hydrogen-bond donors (Lipinski definition) is 2. The fraction of sp³-hybridized carbons (Fsp3) is 0.308. The average molecular weight is 292 g/mol. The Kier molecular flexibility index (Phi) is 3.42. The van der Waals surface area contributed by atoms with E-state index in [4.69, 9.17) is 11.6 Å². The average Bonchev–Trinajstić information content (AvgIpc) is 3.04. The highest BCUT2D eigenvalue weighted by Crippen LogP contribution is 2.32. The van der Waals surface area contributed by atoms with Crippen LogP contribution in [0, 0.1) is 0 Å². The van der Waals surface area contributed by atoms with Crippen LogP contribution in [0.5, 0.6) is 0 Å². The second-order valence-electron chi connectivity index (χ2n) is 4.73. The molecule has 0 saturated heterocycles. The zero-order chi connectivity index (χ0) is 14.1. The summed E-state index contributed by atoms with van der Waals surface area (Å²) >= 11 is 6.24. The molecule has 3 aromatic heterocycles. The molecule has 0 bridgehead atoms. The van der Waals surface area contributed by atoms with Crippen LogP contribution in [0.15, 0.2) is 24.7 Å². The fourth-order valence-electron chi connectivity index (χ4n) is 2.09. The standard InChI is InChI=1S/C13H14ClN5O/c1-8(20)3-5-19-7-11(17-18-19)12-9-2-4-15-13(9)16-6-10(12)14/h2,4,6-8,20H,3,5H2,1H3,(H,15,16)/t8-/m0/s1. The second kappa shape index (κ2) is 5.22. The van der Waals surface area contributed by atoms with Gasteiger partial charge in [-0.05, 0) is 19.4 Å². The molecule has 3 aromatic rings. The number of rotatable bonds is 4. The Hall–Kier alpha value is -1.92. The van der Waals surface area contributed by atoms with E-state index in [0.717, 1.165) is 16.6 Å². The van der Waals surface area contributed by atoms with Gasteiger partial charge in [-0.15, -0.1) is 5.10 Å². The van der Waals surface area contributed by atoms with Gasteiger partial charge in [0.25, 0.3) is 0 Å². The van der Waals surface area contributed by atoms with Gasteiger partial charge >= 0.3 is 0 Å². The lowest BCUT2D eigenvalue weighted by Gasteiger charge is -2.03. The van der Waals surface area contributed by atoms with Gasteiger partial charge in [0.1, 0.15) is 11.3 Å². The number of fused-ring (bicyclic) bond motifs is 1. The number of halogens is 1. The van der Waals surface area contributed by atoms with Gasteiger partial charge < -0.3 is 10.1 Å². The van der Waals surface area contributed by atoms with Gasteiger partial charge in [0.05, 0.1) is 17.3 Å². The van der Waals surface area contributed by atoms with Crippen LogP contribution >= 0.6 is 11.6 Å². The van der Waals surface area contributed by atoms with Crippen molar-refractivity contribution in [1.29, 1.82) is 0 Å². The molecule has 104 valence electrons. The molecule has 20 heavy (non-hydrogen) atoms. The number of hydrogen-bond acceptors (Lipinski definition) is 4. The first-order chi connectivity index (χ1) is 9.65. The highest BCUT2D eigenvalue weighted by Gasteiger charge is 2.14. The largest absolute Gasteiger partial charge is 0.393 e. The molecule has 3 rings (SSSR count). The molecule has 7 heteroatoms. The number of aromatic amines is 1. The molecule has 0 fully saturated rings. The van der Waals surface area contributed by atoms with Crippen molar-refractivity contribution >= 4 is 22.6 Å². The number of aliphatic hydroxyl groups is 1. The van der Waals surface area contributed by atoms with E-state index in [1.165, 1.54) is 0 Å². The third-order valence-corrected chi connectivity index (χ3v) is 3.40. The minimum absolute atomic E-state index is 0.358. The van der Waals surface area contributed by atoms with Crippen LogP contribution in [0.2, 0.25) is 5.02 Å². The molecule has 0 aromatic carbocycles. The van der Waals surface area contributed by atoms with E-state index < -0.39 is 0 Å². The smallest absolute Gasteiger partial charge is 0.138 e. The molecule has 0 aliphatic rings. The first-order valence-corrected chi connectivity index (χ1v) is 6.73. The Balaban J connectivity index is 1.99. The summed E-state index contributed by atoms with van der Waals surface area (Å²) in [5.41, 5.74) is 2.29. The van der Waals surface area contributed by atoms with Crippen molar-refractivity contribution in [3.05, 3.63) is 29.7 Å². The quantitative estimate of drug-likeness (QED) is 0.772. The van der Waals surface area contributed by atoms with E-state index in [9.17, 15) is 5.11 Å². The molecular weight excluding hydrogens is 278 g/mol. The van der Waals surface area contributed by atoms with Gasteiger partial charge in [-0.1, -0.05) is 16.8 Å². The van der Waals surface area contributed by atoms with Crippen LogP contribution in [0.1, 0.15) is 13.3 Å². The van der Waals surface area contributed by atoms with Crippen molar-refractivity contribution in [2.24, 2.45) is 0 Å². The first-order valence-electron chi connectivity index (χ1n) is 6.35. The lowest BCUT2D eigenvalue weighted by atomic mass is 10.1. The number of aliphatic hydroxyl groups excluding tert-OH is 1. The summed E-state index contributed by atoms with van der Waals surface area (Å²) in [6.45, 7) is 2.37. The van der Waals surface area contributed by atoms with E-state index in [2.05, 4.69) is 20.3 Å². The fourth-order valence-corrected chi connectivity index (χ4v) is 2.33. The maximum Gasteiger partial charge on any atom is 0.138 e. The van der Waals surface area contributed by atoms with Gasteiger partial charge in [0, 0.05) is 29.9 Å². The van der Waals surface area contributed by atoms with Crippen LogP contribution in [0.3, 0.4) is 0 Å². The highest BCUT2D eigenvalue weighted by molar-refractivity contribution is 6.34. The number of nitrogens with one attached hydrogen (secondary N) is 1. The molecule has 0 aliphatic heterocycles. The van der Waals surface area contributed by atoms with Crippen molar-refractivity contribution in [3.8, 4) is 11.3 Å².